The lowest BCUT2D eigenvalue weighted by Gasteiger charge is -2.43. The summed E-state index contributed by atoms with van der Waals surface area (Å²) < 4.78 is 0. The molecule has 0 atom stereocenters. The second-order valence-corrected chi connectivity index (χ2v) is 6.98. The second-order valence-electron chi connectivity index (χ2n) is 4.58. The minimum absolute atomic E-state index is 0.0104. The van der Waals surface area contributed by atoms with Gasteiger partial charge in [0.1, 0.15) is 5.79 Å². The molecule has 4 heteroatoms. The normalized spacial score (nSPS) is 14.3. The van der Waals surface area contributed by atoms with E-state index in [1.807, 2.05) is 0 Å². The molecule has 0 rings (SSSR count). The van der Waals surface area contributed by atoms with Crippen LogP contribution in [0.2, 0.25) is 5.54 Å². The van der Waals surface area contributed by atoms with Gasteiger partial charge >= 0.3 is 0 Å². The van der Waals surface area contributed by atoms with Gasteiger partial charge in [-0.15, -0.1) is 0 Å². The van der Waals surface area contributed by atoms with Crippen LogP contribution in [0.4, 0.5) is 0 Å². The summed E-state index contributed by atoms with van der Waals surface area (Å²) >= 11 is 0. The highest BCUT2D eigenvalue weighted by Crippen LogP contribution is 2.10. The van der Waals surface area contributed by atoms with E-state index in [-0.39, 0.29) is 15.5 Å². The van der Waals surface area contributed by atoms with Crippen LogP contribution < -0.4 is 4.98 Å². The molecule has 0 aromatic rings. The molecule has 0 bridgehead atoms. The summed E-state index contributed by atoms with van der Waals surface area (Å²) in [7, 11) is 8.27. The van der Waals surface area contributed by atoms with Crippen molar-refractivity contribution < 1.29 is 0 Å². The van der Waals surface area contributed by atoms with Crippen molar-refractivity contribution in [2.24, 2.45) is 0 Å². The van der Waals surface area contributed by atoms with Gasteiger partial charge in [-0.3, -0.25) is 9.80 Å². The third-order valence-corrected chi connectivity index (χ3v) is 4.28. The number of hydrogen-bond donors (Lipinski definition) is 1. The average Bonchev–Trinajstić information content (AvgIpc) is 1.99. The van der Waals surface area contributed by atoms with Crippen molar-refractivity contribution in [3.63, 3.8) is 0 Å². The topological polar surface area (TPSA) is 18.5 Å². The predicted octanol–water partition coefficient (Wildman–Crippen LogP) is 0.285. The maximum absolute atomic E-state index is 3.69. The van der Waals surface area contributed by atoms with Crippen LogP contribution in [0.3, 0.4) is 0 Å². The van der Waals surface area contributed by atoms with Gasteiger partial charge in [-0.2, -0.15) is 0 Å². The first-order chi connectivity index (χ1) is 5.80. The molecule has 0 aromatic heterocycles. The fraction of sp³-hybridized carbons (Fsp3) is 1.00. The zero-order valence-corrected chi connectivity index (χ0v) is 11.6. The zero-order valence-electron chi connectivity index (χ0n) is 10.2. The fourth-order valence-electron chi connectivity index (χ4n) is 1.11. The lowest BCUT2D eigenvalue weighted by molar-refractivity contribution is 0.00963. The highest BCUT2D eigenvalue weighted by Gasteiger charge is 2.28. The van der Waals surface area contributed by atoms with E-state index in [4.69, 9.17) is 0 Å². The Labute approximate surface area is 85.4 Å². The summed E-state index contributed by atoms with van der Waals surface area (Å²) in [6.45, 7) is 6.79. The van der Waals surface area contributed by atoms with Crippen molar-refractivity contribution in [2.75, 3.05) is 28.2 Å². The Bertz CT molecular complexity index is 138. The summed E-state index contributed by atoms with van der Waals surface area (Å²) in [5, 5.41) is 0. The first-order valence-electron chi connectivity index (χ1n) is 4.90. The van der Waals surface area contributed by atoms with Crippen LogP contribution in [0.5, 0.6) is 0 Å². The Morgan fingerprint density at radius 3 is 1.69 bits per heavy atom. The van der Waals surface area contributed by atoms with Crippen molar-refractivity contribution >= 4 is 9.68 Å². The van der Waals surface area contributed by atoms with Crippen LogP contribution in [0.15, 0.2) is 0 Å². The lowest BCUT2D eigenvalue weighted by atomic mass is 10.3. The Hall–Kier alpha value is 0.0969. The molecule has 0 spiro atoms. The van der Waals surface area contributed by atoms with Gasteiger partial charge in [0.2, 0.25) is 0 Å². The maximum Gasteiger partial charge on any atom is 0.118 e. The fourth-order valence-corrected chi connectivity index (χ4v) is 2.54. The first kappa shape index (κ1) is 13.1. The molecule has 13 heavy (non-hydrogen) atoms. The summed E-state index contributed by atoms with van der Waals surface area (Å²) in [4.78, 5) is 8.13. The number of nitrogens with one attached hydrogen (secondary N) is 1. The molecule has 3 nitrogen and oxygen atoms in total. The molecule has 0 saturated heterocycles. The standard InChI is InChI=1S/C9H25N3Si/c1-8(2)13-10-9(3,11(4)5)12(6)7/h8,10H,13H2,1-7H3. The van der Waals surface area contributed by atoms with Crippen molar-refractivity contribution in [3.8, 4) is 0 Å². The quantitative estimate of drug-likeness (QED) is 0.512. The smallest absolute Gasteiger partial charge is 0.118 e. The van der Waals surface area contributed by atoms with Crippen molar-refractivity contribution in [1.82, 2.24) is 14.8 Å². The Morgan fingerprint density at radius 1 is 1.08 bits per heavy atom. The van der Waals surface area contributed by atoms with Gasteiger partial charge in [-0.05, 0) is 40.7 Å². The SMILES string of the molecule is CC(C)[SiH2]NC(C)(N(C)C)N(C)C. The Morgan fingerprint density at radius 2 is 1.46 bits per heavy atom. The number of nitrogens with zero attached hydrogens (tertiary/aromatic N) is 2. The van der Waals surface area contributed by atoms with Crippen molar-refractivity contribution in [1.29, 1.82) is 0 Å². The molecule has 0 aliphatic rings. The molecule has 0 radical (unpaired) electrons. The van der Waals surface area contributed by atoms with Crippen molar-refractivity contribution in [2.45, 2.75) is 32.1 Å². The van der Waals surface area contributed by atoms with E-state index in [0.29, 0.717) is 0 Å². The van der Waals surface area contributed by atoms with Gasteiger partial charge in [0.15, 0.2) is 0 Å². The first-order valence-corrected chi connectivity index (χ1v) is 6.43. The van der Waals surface area contributed by atoms with Crippen molar-refractivity contribution in [3.05, 3.63) is 0 Å². The summed E-state index contributed by atoms with van der Waals surface area (Å²) in [5.74, 6) is 0.0104. The van der Waals surface area contributed by atoms with Gasteiger partial charge in [0.25, 0.3) is 0 Å². The van der Waals surface area contributed by atoms with Crippen LogP contribution >= 0.6 is 0 Å². The number of rotatable bonds is 5. The zero-order chi connectivity index (χ0) is 10.6. The van der Waals surface area contributed by atoms with Gasteiger partial charge in [-0.1, -0.05) is 13.8 Å². The molecular weight excluding hydrogens is 178 g/mol. The molecule has 0 fully saturated rings. The van der Waals surface area contributed by atoms with Gasteiger partial charge in [0.05, 0.1) is 9.68 Å². The average molecular weight is 203 g/mol. The van der Waals surface area contributed by atoms with Crippen LogP contribution in [0.25, 0.3) is 0 Å². The minimum Gasteiger partial charge on any atom is -0.313 e. The summed E-state index contributed by atoms with van der Waals surface area (Å²) in [6, 6.07) is 0. The summed E-state index contributed by atoms with van der Waals surface area (Å²) in [6.07, 6.45) is 0. The molecule has 0 saturated carbocycles. The Kier molecular flexibility index (Phi) is 5.13. The molecule has 0 amide bonds. The molecule has 1 N–H and O–H groups in total. The second kappa shape index (κ2) is 5.10. The minimum atomic E-state index is -0.177. The molecular formula is C9H25N3Si. The van der Waals surface area contributed by atoms with E-state index in [1.54, 1.807) is 0 Å². The largest absolute Gasteiger partial charge is 0.313 e. The predicted molar refractivity (Wildman–Crippen MR) is 62.6 cm³/mol. The third kappa shape index (κ3) is 3.77. The summed E-state index contributed by atoms with van der Waals surface area (Å²) in [5.41, 5.74) is 0.819. The van der Waals surface area contributed by atoms with Crippen LogP contribution in [-0.4, -0.2) is 53.5 Å². The van der Waals surface area contributed by atoms with Crippen LogP contribution in [0.1, 0.15) is 20.8 Å². The van der Waals surface area contributed by atoms with Crippen LogP contribution in [-0.2, 0) is 0 Å². The molecule has 0 aliphatic heterocycles. The lowest BCUT2D eigenvalue weighted by Crippen LogP contribution is -2.63. The van der Waals surface area contributed by atoms with Crippen LogP contribution in [0, 0.1) is 0 Å². The highest BCUT2D eigenvalue weighted by atomic mass is 28.2. The van der Waals surface area contributed by atoms with E-state index in [9.17, 15) is 0 Å². The van der Waals surface area contributed by atoms with E-state index in [0.717, 1.165) is 5.54 Å². The Balaban J connectivity index is 4.25. The maximum atomic E-state index is 3.69. The molecule has 0 aromatic carbocycles. The van der Waals surface area contributed by atoms with E-state index >= 15 is 0 Å². The number of hydrogen-bond acceptors (Lipinski definition) is 3. The van der Waals surface area contributed by atoms with Gasteiger partial charge in [0, 0.05) is 0 Å². The van der Waals surface area contributed by atoms with Gasteiger partial charge in [-0.25, -0.2) is 0 Å². The van der Waals surface area contributed by atoms with E-state index in [1.165, 1.54) is 0 Å². The van der Waals surface area contributed by atoms with Gasteiger partial charge < -0.3 is 4.98 Å². The van der Waals surface area contributed by atoms with E-state index < -0.39 is 0 Å². The molecule has 0 heterocycles. The molecule has 80 valence electrons. The third-order valence-electron chi connectivity index (χ3n) is 2.59. The highest BCUT2D eigenvalue weighted by molar-refractivity contribution is 6.34. The monoisotopic (exact) mass is 203 g/mol. The molecule has 0 aliphatic carbocycles. The van der Waals surface area contributed by atoms with E-state index in [2.05, 4.69) is 63.7 Å². The molecule has 0 unspecified atom stereocenters.